The Kier molecular flexibility index (Phi) is 7.61. The van der Waals surface area contributed by atoms with Crippen LogP contribution in [0.1, 0.15) is 30.7 Å². The molecule has 8 heteroatoms. The fourth-order valence-corrected chi connectivity index (χ4v) is 3.77. The predicted molar refractivity (Wildman–Crippen MR) is 111 cm³/mol. The van der Waals surface area contributed by atoms with Gasteiger partial charge in [-0.3, -0.25) is 10.2 Å². The minimum atomic E-state index is -4.65. The highest BCUT2D eigenvalue weighted by molar-refractivity contribution is 6.30. The Balaban J connectivity index is 1.58. The van der Waals surface area contributed by atoms with Gasteiger partial charge in [0.15, 0.2) is 0 Å². The van der Waals surface area contributed by atoms with Crippen LogP contribution in [0.5, 0.6) is 0 Å². The van der Waals surface area contributed by atoms with Crippen LogP contribution in [-0.4, -0.2) is 42.9 Å². The molecule has 3 rings (SSSR count). The second kappa shape index (κ2) is 10.2. The summed E-state index contributed by atoms with van der Waals surface area (Å²) in [7, 11) is 0. The number of nitrogens with zero attached hydrogens (tertiary/aromatic N) is 1. The molecule has 0 radical (unpaired) electrons. The number of alkyl halides is 3. The molecule has 0 saturated carbocycles. The van der Waals surface area contributed by atoms with Gasteiger partial charge in [-0.05, 0) is 68.1 Å². The fraction of sp³-hybridized carbons (Fsp3) is 0.409. The molecule has 2 unspecified atom stereocenters. The van der Waals surface area contributed by atoms with Crippen LogP contribution in [-0.2, 0) is 4.74 Å². The molecule has 0 aliphatic carbocycles. The first-order valence-electron chi connectivity index (χ1n) is 9.88. The van der Waals surface area contributed by atoms with Crippen molar-refractivity contribution in [1.29, 1.82) is 0 Å². The van der Waals surface area contributed by atoms with Gasteiger partial charge in [-0.2, -0.15) is 13.2 Å². The van der Waals surface area contributed by atoms with E-state index in [1.165, 1.54) is 29.8 Å². The van der Waals surface area contributed by atoms with E-state index in [1.54, 1.807) is 4.90 Å². The van der Waals surface area contributed by atoms with Crippen molar-refractivity contribution in [3.05, 3.63) is 65.2 Å². The van der Waals surface area contributed by atoms with Crippen molar-refractivity contribution in [3.63, 3.8) is 0 Å². The van der Waals surface area contributed by atoms with Gasteiger partial charge >= 0.3 is 12.3 Å². The molecule has 2 atom stereocenters. The summed E-state index contributed by atoms with van der Waals surface area (Å²) in [6, 6.07) is 16.1. The zero-order valence-electron chi connectivity index (χ0n) is 16.4. The fourth-order valence-electron chi connectivity index (χ4n) is 3.65. The van der Waals surface area contributed by atoms with Gasteiger partial charge in [0.05, 0.1) is 0 Å². The molecule has 0 spiro atoms. The lowest BCUT2D eigenvalue weighted by molar-refractivity contribution is -0.206. The largest absolute Gasteiger partial charge is 0.435 e. The van der Waals surface area contributed by atoms with Crippen molar-refractivity contribution >= 4 is 23.4 Å². The lowest BCUT2D eigenvalue weighted by Gasteiger charge is -2.27. The Hall–Kier alpha value is -2.25. The lowest BCUT2D eigenvalue weighted by atomic mass is 9.92. The zero-order valence-corrected chi connectivity index (χ0v) is 17.1. The monoisotopic (exact) mass is 440 g/mol. The standard InChI is InChI=1S/C22H24ClF3N2O2/c23-18-8-10-19(11-9-18)27-21(29)30-20(22(24,25)26)15-28-13-4-7-17(12-14-28)16-5-2-1-3-6-16/h1-3,5-6,8-11,17,20H,4,7,12-15H2,(H,27,29). The summed E-state index contributed by atoms with van der Waals surface area (Å²) >= 11 is 5.77. The molecular formula is C22H24ClF3N2O2. The number of halogens is 4. The van der Waals surface area contributed by atoms with Gasteiger partial charge in [0, 0.05) is 17.3 Å². The highest BCUT2D eigenvalue weighted by Crippen LogP contribution is 2.30. The van der Waals surface area contributed by atoms with Crippen molar-refractivity contribution in [1.82, 2.24) is 4.90 Å². The number of rotatable bonds is 5. The van der Waals surface area contributed by atoms with Crippen LogP contribution >= 0.6 is 11.6 Å². The third-order valence-electron chi connectivity index (χ3n) is 5.22. The quantitative estimate of drug-likeness (QED) is 0.611. The summed E-state index contributed by atoms with van der Waals surface area (Å²) in [5, 5.41) is 2.77. The first-order valence-corrected chi connectivity index (χ1v) is 10.3. The molecule has 4 nitrogen and oxygen atoms in total. The molecular weight excluding hydrogens is 417 g/mol. The summed E-state index contributed by atoms with van der Waals surface area (Å²) in [5.74, 6) is 0.328. The van der Waals surface area contributed by atoms with E-state index in [4.69, 9.17) is 16.3 Å². The smallest absolute Gasteiger partial charge is 0.426 e. The van der Waals surface area contributed by atoms with Crippen LogP contribution in [0, 0.1) is 0 Å². The number of ether oxygens (including phenoxy) is 1. The maximum absolute atomic E-state index is 13.5. The van der Waals surface area contributed by atoms with E-state index in [0.717, 1.165) is 19.3 Å². The van der Waals surface area contributed by atoms with Crippen molar-refractivity contribution in [2.24, 2.45) is 0 Å². The summed E-state index contributed by atoms with van der Waals surface area (Å²) < 4.78 is 45.3. The van der Waals surface area contributed by atoms with E-state index < -0.39 is 18.4 Å². The maximum Gasteiger partial charge on any atom is 0.426 e. The molecule has 0 bridgehead atoms. The van der Waals surface area contributed by atoms with Crippen LogP contribution < -0.4 is 5.32 Å². The number of benzene rings is 2. The summed E-state index contributed by atoms with van der Waals surface area (Å²) in [6.45, 7) is 0.686. The Morgan fingerprint density at radius 3 is 2.47 bits per heavy atom. The second-order valence-electron chi connectivity index (χ2n) is 7.41. The molecule has 30 heavy (non-hydrogen) atoms. The molecule has 1 aliphatic heterocycles. The molecule has 1 fully saturated rings. The molecule has 1 N–H and O–H groups in total. The van der Waals surface area contributed by atoms with Gasteiger partial charge in [0.25, 0.3) is 0 Å². The summed E-state index contributed by atoms with van der Waals surface area (Å²) in [4.78, 5) is 13.7. The number of hydrogen-bond acceptors (Lipinski definition) is 3. The molecule has 1 heterocycles. The minimum absolute atomic E-state index is 0.311. The predicted octanol–water partition coefficient (Wildman–Crippen LogP) is 6.09. The topological polar surface area (TPSA) is 41.6 Å². The van der Waals surface area contributed by atoms with Crippen LogP contribution in [0.25, 0.3) is 0 Å². The molecule has 2 aromatic rings. The number of nitrogens with one attached hydrogen (secondary N) is 1. The first-order chi connectivity index (χ1) is 14.3. The number of anilines is 1. The highest BCUT2D eigenvalue weighted by Gasteiger charge is 2.44. The molecule has 162 valence electrons. The average molecular weight is 441 g/mol. The number of carbonyl (C=O) groups is 1. The Morgan fingerprint density at radius 1 is 1.10 bits per heavy atom. The average Bonchev–Trinajstić information content (AvgIpc) is 2.95. The molecule has 1 amide bonds. The maximum atomic E-state index is 13.5. The van der Waals surface area contributed by atoms with Gasteiger partial charge < -0.3 is 4.74 Å². The minimum Gasteiger partial charge on any atom is -0.435 e. The first kappa shape index (κ1) is 22.4. The number of amides is 1. The van der Waals surface area contributed by atoms with E-state index >= 15 is 0 Å². The van der Waals surface area contributed by atoms with Crippen LogP contribution in [0.2, 0.25) is 5.02 Å². The van der Waals surface area contributed by atoms with E-state index in [2.05, 4.69) is 17.4 Å². The Labute approximate surface area is 179 Å². The lowest BCUT2D eigenvalue weighted by Crippen LogP contribution is -2.45. The highest BCUT2D eigenvalue weighted by atomic mass is 35.5. The number of hydrogen-bond donors (Lipinski definition) is 1. The van der Waals surface area contributed by atoms with Gasteiger partial charge in [-0.25, -0.2) is 4.79 Å². The van der Waals surface area contributed by atoms with E-state index in [1.807, 2.05) is 18.2 Å². The zero-order chi connectivity index (χ0) is 21.6. The van der Waals surface area contributed by atoms with Gasteiger partial charge in [-0.15, -0.1) is 0 Å². The third kappa shape index (κ3) is 6.64. The van der Waals surface area contributed by atoms with Crippen LogP contribution in [0.4, 0.5) is 23.7 Å². The van der Waals surface area contributed by atoms with Crippen molar-refractivity contribution in [2.75, 3.05) is 25.0 Å². The van der Waals surface area contributed by atoms with E-state index in [0.29, 0.717) is 29.7 Å². The van der Waals surface area contributed by atoms with Crippen LogP contribution in [0.15, 0.2) is 54.6 Å². The molecule has 0 aromatic heterocycles. The van der Waals surface area contributed by atoms with Gasteiger partial charge in [0.1, 0.15) is 0 Å². The summed E-state index contributed by atoms with van der Waals surface area (Å²) in [5.41, 5.74) is 1.52. The third-order valence-corrected chi connectivity index (χ3v) is 5.47. The summed E-state index contributed by atoms with van der Waals surface area (Å²) in [6.07, 6.45) is -5.50. The van der Waals surface area contributed by atoms with Crippen molar-refractivity contribution in [2.45, 2.75) is 37.5 Å². The Bertz CT molecular complexity index is 815. The molecule has 2 aromatic carbocycles. The second-order valence-corrected chi connectivity index (χ2v) is 7.84. The molecule has 1 saturated heterocycles. The van der Waals surface area contributed by atoms with Gasteiger partial charge in [-0.1, -0.05) is 41.9 Å². The number of likely N-dealkylation sites (tertiary alicyclic amines) is 1. The van der Waals surface area contributed by atoms with E-state index in [-0.39, 0.29) is 6.54 Å². The van der Waals surface area contributed by atoms with E-state index in [9.17, 15) is 18.0 Å². The van der Waals surface area contributed by atoms with Crippen molar-refractivity contribution < 1.29 is 22.7 Å². The Morgan fingerprint density at radius 2 is 1.80 bits per heavy atom. The normalized spacial score (nSPS) is 19.0. The van der Waals surface area contributed by atoms with Gasteiger partial charge in [0.2, 0.25) is 6.10 Å². The van der Waals surface area contributed by atoms with Crippen LogP contribution in [0.3, 0.4) is 0 Å². The van der Waals surface area contributed by atoms with Crippen molar-refractivity contribution in [3.8, 4) is 0 Å². The number of carbonyl (C=O) groups excluding carboxylic acids is 1. The SMILES string of the molecule is O=C(Nc1ccc(Cl)cc1)OC(CN1CCCC(c2ccccc2)CC1)C(F)(F)F. The molecule has 1 aliphatic rings.